The molecule has 1 aromatic heterocycles. The van der Waals surface area contributed by atoms with E-state index in [2.05, 4.69) is 16.9 Å². The van der Waals surface area contributed by atoms with Crippen molar-refractivity contribution in [3.63, 3.8) is 0 Å². The first-order valence-electron chi connectivity index (χ1n) is 6.22. The smallest absolute Gasteiger partial charge is 0.251 e. The van der Waals surface area contributed by atoms with Crippen LogP contribution < -0.4 is 16.0 Å². The standard InChI is InChI=1S/C14H17N3O2/c1-2-10-3-5-12(6-4-10)19-9-13-16-11(8-15)7-14(18)17-13/h3-7H,2,8-9,15H2,1H3,(H,16,17,18). The zero-order valence-corrected chi connectivity index (χ0v) is 10.8. The van der Waals surface area contributed by atoms with E-state index in [9.17, 15) is 4.79 Å². The molecule has 0 bridgehead atoms. The molecule has 0 atom stereocenters. The summed E-state index contributed by atoms with van der Waals surface area (Å²) in [6, 6.07) is 9.23. The largest absolute Gasteiger partial charge is 0.486 e. The number of nitrogens with two attached hydrogens (primary N) is 1. The quantitative estimate of drug-likeness (QED) is 0.849. The molecule has 1 heterocycles. The summed E-state index contributed by atoms with van der Waals surface area (Å²) in [5.74, 6) is 1.23. The number of aromatic nitrogens is 2. The first-order valence-corrected chi connectivity index (χ1v) is 6.22. The molecule has 0 saturated heterocycles. The van der Waals surface area contributed by atoms with Gasteiger partial charge in [0.2, 0.25) is 0 Å². The van der Waals surface area contributed by atoms with Gasteiger partial charge in [-0.25, -0.2) is 4.98 Å². The zero-order chi connectivity index (χ0) is 13.7. The number of ether oxygens (including phenoxy) is 1. The number of H-pyrrole nitrogens is 1. The van der Waals surface area contributed by atoms with Crippen molar-refractivity contribution in [2.45, 2.75) is 26.5 Å². The van der Waals surface area contributed by atoms with E-state index >= 15 is 0 Å². The molecule has 5 nitrogen and oxygen atoms in total. The maximum atomic E-state index is 11.4. The molecule has 2 aromatic rings. The second kappa shape index (κ2) is 6.15. The van der Waals surface area contributed by atoms with Crippen LogP contribution in [0.5, 0.6) is 5.75 Å². The summed E-state index contributed by atoms with van der Waals surface area (Å²) in [6.07, 6.45) is 0.994. The predicted octanol–water partition coefficient (Wildman–Crippen LogP) is 1.37. The first-order chi connectivity index (χ1) is 9.21. The highest BCUT2D eigenvalue weighted by atomic mass is 16.5. The number of nitrogens with zero attached hydrogens (tertiary/aromatic N) is 1. The molecule has 1 aromatic carbocycles. The fourth-order valence-corrected chi connectivity index (χ4v) is 1.71. The van der Waals surface area contributed by atoms with E-state index in [0.29, 0.717) is 11.5 Å². The van der Waals surface area contributed by atoms with Gasteiger partial charge in [-0.05, 0) is 24.1 Å². The Balaban J connectivity index is 2.05. The van der Waals surface area contributed by atoms with Gasteiger partial charge >= 0.3 is 0 Å². The minimum Gasteiger partial charge on any atom is -0.486 e. The molecule has 19 heavy (non-hydrogen) atoms. The van der Waals surface area contributed by atoms with Crippen LogP contribution in [-0.2, 0) is 19.6 Å². The minimum absolute atomic E-state index is 0.213. The van der Waals surface area contributed by atoms with Gasteiger partial charge in [-0.3, -0.25) is 4.79 Å². The summed E-state index contributed by atoms with van der Waals surface area (Å²) in [7, 11) is 0. The molecule has 0 spiro atoms. The number of nitrogens with one attached hydrogen (secondary N) is 1. The Morgan fingerprint density at radius 3 is 2.68 bits per heavy atom. The van der Waals surface area contributed by atoms with Crippen LogP contribution in [0.1, 0.15) is 24.0 Å². The molecule has 0 amide bonds. The van der Waals surface area contributed by atoms with E-state index in [1.807, 2.05) is 24.3 Å². The number of hydrogen-bond donors (Lipinski definition) is 2. The van der Waals surface area contributed by atoms with Crippen LogP contribution in [0.2, 0.25) is 0 Å². The Hall–Kier alpha value is -2.14. The Morgan fingerprint density at radius 2 is 2.05 bits per heavy atom. The number of aromatic amines is 1. The fourth-order valence-electron chi connectivity index (χ4n) is 1.71. The van der Waals surface area contributed by atoms with E-state index < -0.39 is 0 Å². The highest BCUT2D eigenvalue weighted by Gasteiger charge is 2.01. The normalized spacial score (nSPS) is 10.4. The van der Waals surface area contributed by atoms with Gasteiger partial charge in [-0.15, -0.1) is 0 Å². The fraction of sp³-hybridized carbons (Fsp3) is 0.286. The molecule has 0 aliphatic carbocycles. The number of benzene rings is 1. The van der Waals surface area contributed by atoms with Gasteiger partial charge in [0.25, 0.3) is 5.56 Å². The van der Waals surface area contributed by atoms with Gasteiger partial charge in [-0.2, -0.15) is 0 Å². The van der Waals surface area contributed by atoms with Crippen molar-refractivity contribution in [1.82, 2.24) is 9.97 Å². The van der Waals surface area contributed by atoms with Crippen LogP contribution in [0.15, 0.2) is 35.1 Å². The van der Waals surface area contributed by atoms with Crippen molar-refractivity contribution in [2.75, 3.05) is 0 Å². The van der Waals surface area contributed by atoms with Crippen molar-refractivity contribution in [3.8, 4) is 5.75 Å². The summed E-state index contributed by atoms with van der Waals surface area (Å²) in [4.78, 5) is 18.2. The van der Waals surface area contributed by atoms with Crippen LogP contribution in [0.3, 0.4) is 0 Å². The number of aryl methyl sites for hydroxylation is 1. The maximum absolute atomic E-state index is 11.4. The summed E-state index contributed by atoms with van der Waals surface area (Å²) >= 11 is 0. The Kier molecular flexibility index (Phi) is 4.30. The van der Waals surface area contributed by atoms with Crippen LogP contribution in [0.25, 0.3) is 0 Å². The van der Waals surface area contributed by atoms with Gasteiger partial charge in [0.05, 0.1) is 5.69 Å². The summed E-state index contributed by atoms with van der Waals surface area (Å²) in [5, 5.41) is 0. The lowest BCUT2D eigenvalue weighted by atomic mass is 10.2. The highest BCUT2D eigenvalue weighted by Crippen LogP contribution is 2.13. The van der Waals surface area contributed by atoms with Crippen molar-refractivity contribution in [3.05, 3.63) is 57.8 Å². The number of rotatable bonds is 5. The lowest BCUT2D eigenvalue weighted by Gasteiger charge is -2.07. The molecule has 0 unspecified atom stereocenters. The Bertz CT molecular complexity index is 590. The monoisotopic (exact) mass is 259 g/mol. The van der Waals surface area contributed by atoms with Crippen LogP contribution in [0.4, 0.5) is 0 Å². The number of hydrogen-bond acceptors (Lipinski definition) is 4. The highest BCUT2D eigenvalue weighted by molar-refractivity contribution is 5.27. The van der Waals surface area contributed by atoms with E-state index in [1.54, 1.807) is 0 Å². The van der Waals surface area contributed by atoms with E-state index in [1.165, 1.54) is 11.6 Å². The van der Waals surface area contributed by atoms with Gasteiger partial charge < -0.3 is 15.5 Å². The molecule has 0 aliphatic heterocycles. The second-order valence-corrected chi connectivity index (χ2v) is 4.17. The third-order valence-electron chi connectivity index (χ3n) is 2.76. The van der Waals surface area contributed by atoms with Gasteiger partial charge in [-0.1, -0.05) is 19.1 Å². The van der Waals surface area contributed by atoms with E-state index in [0.717, 1.165) is 12.2 Å². The molecular weight excluding hydrogens is 242 g/mol. The molecule has 0 fully saturated rings. The van der Waals surface area contributed by atoms with Crippen LogP contribution in [-0.4, -0.2) is 9.97 Å². The minimum atomic E-state index is -0.213. The average molecular weight is 259 g/mol. The summed E-state index contributed by atoms with van der Waals surface area (Å²) in [5.41, 5.74) is 7.07. The lowest BCUT2D eigenvalue weighted by Crippen LogP contribution is -2.16. The topological polar surface area (TPSA) is 81.0 Å². The van der Waals surface area contributed by atoms with Crippen LogP contribution in [0, 0.1) is 0 Å². The Morgan fingerprint density at radius 1 is 1.32 bits per heavy atom. The summed E-state index contributed by atoms with van der Waals surface area (Å²) in [6.45, 7) is 2.56. The van der Waals surface area contributed by atoms with E-state index in [4.69, 9.17) is 10.5 Å². The molecule has 2 rings (SSSR count). The lowest BCUT2D eigenvalue weighted by molar-refractivity contribution is 0.295. The molecule has 0 saturated carbocycles. The third kappa shape index (κ3) is 3.66. The van der Waals surface area contributed by atoms with E-state index in [-0.39, 0.29) is 18.7 Å². The van der Waals surface area contributed by atoms with Gasteiger partial charge in [0, 0.05) is 12.6 Å². The Labute approximate surface area is 111 Å². The molecule has 0 aliphatic rings. The van der Waals surface area contributed by atoms with Crippen molar-refractivity contribution in [2.24, 2.45) is 5.73 Å². The third-order valence-corrected chi connectivity index (χ3v) is 2.76. The predicted molar refractivity (Wildman–Crippen MR) is 72.9 cm³/mol. The van der Waals surface area contributed by atoms with Crippen molar-refractivity contribution in [1.29, 1.82) is 0 Å². The molecule has 100 valence electrons. The SMILES string of the molecule is CCc1ccc(OCc2nc(CN)cc(=O)[nH]2)cc1. The molecule has 0 radical (unpaired) electrons. The average Bonchev–Trinajstić information content (AvgIpc) is 2.45. The maximum Gasteiger partial charge on any atom is 0.251 e. The molecule has 5 heteroatoms. The van der Waals surface area contributed by atoms with Crippen LogP contribution >= 0.6 is 0 Å². The van der Waals surface area contributed by atoms with Crippen molar-refractivity contribution >= 4 is 0 Å². The first kappa shape index (κ1) is 13.3. The van der Waals surface area contributed by atoms with Gasteiger partial charge in [0.15, 0.2) is 0 Å². The van der Waals surface area contributed by atoms with Gasteiger partial charge in [0.1, 0.15) is 18.2 Å². The van der Waals surface area contributed by atoms with Crippen molar-refractivity contribution < 1.29 is 4.74 Å². The second-order valence-electron chi connectivity index (χ2n) is 4.17. The molecular formula is C14H17N3O2. The molecule has 3 N–H and O–H groups in total. The zero-order valence-electron chi connectivity index (χ0n) is 10.8. The summed E-state index contributed by atoms with van der Waals surface area (Å²) < 4.78 is 5.57.